The second kappa shape index (κ2) is 8.23. The van der Waals surface area contributed by atoms with Crippen LogP contribution in [0.4, 0.5) is 0 Å². The third kappa shape index (κ3) is 4.16. The third-order valence-corrected chi connectivity index (χ3v) is 5.00. The number of thioether (sulfide) groups is 1. The van der Waals surface area contributed by atoms with Gasteiger partial charge in [-0.25, -0.2) is 0 Å². The molecule has 0 fully saturated rings. The molecule has 1 aliphatic rings. The summed E-state index contributed by atoms with van der Waals surface area (Å²) < 4.78 is 12.7. The van der Waals surface area contributed by atoms with Crippen LogP contribution < -0.4 is 20.5 Å². The quantitative estimate of drug-likeness (QED) is 0.563. The highest BCUT2D eigenvalue weighted by molar-refractivity contribution is 7.99. The minimum absolute atomic E-state index is 0.0688. The molecule has 0 atom stereocenters. The van der Waals surface area contributed by atoms with E-state index in [9.17, 15) is 9.59 Å². The van der Waals surface area contributed by atoms with Gasteiger partial charge in [0.05, 0.1) is 12.3 Å². The molecule has 0 bridgehead atoms. The van der Waals surface area contributed by atoms with Crippen LogP contribution in [0.3, 0.4) is 0 Å². The van der Waals surface area contributed by atoms with Crippen LogP contribution in [0.25, 0.3) is 17.1 Å². The van der Waals surface area contributed by atoms with E-state index in [1.807, 2.05) is 53.1 Å². The summed E-state index contributed by atoms with van der Waals surface area (Å²) in [7, 11) is 0. The van der Waals surface area contributed by atoms with E-state index in [2.05, 4.69) is 15.5 Å². The van der Waals surface area contributed by atoms with Crippen molar-refractivity contribution in [3.63, 3.8) is 0 Å². The summed E-state index contributed by atoms with van der Waals surface area (Å²) >= 11 is 1.21. The Bertz CT molecular complexity index is 1050. The molecular formula is C19H17N5O4S. The van der Waals surface area contributed by atoms with Crippen molar-refractivity contribution in [2.45, 2.75) is 5.16 Å². The highest BCUT2D eigenvalue weighted by Gasteiger charge is 2.20. The van der Waals surface area contributed by atoms with Crippen molar-refractivity contribution in [1.82, 2.24) is 20.1 Å². The summed E-state index contributed by atoms with van der Waals surface area (Å²) in [5.41, 5.74) is 6.70. The summed E-state index contributed by atoms with van der Waals surface area (Å²) in [6.07, 6.45) is 0. The monoisotopic (exact) mass is 411 g/mol. The third-order valence-electron chi connectivity index (χ3n) is 4.07. The van der Waals surface area contributed by atoms with E-state index in [1.165, 1.54) is 11.8 Å². The molecule has 10 heteroatoms. The average Bonchev–Trinajstić information content (AvgIpc) is 3.37. The number of nitrogens with one attached hydrogen (secondary N) is 1. The zero-order valence-electron chi connectivity index (χ0n) is 15.2. The largest absolute Gasteiger partial charge is 0.454 e. The smallest absolute Gasteiger partial charge is 0.236 e. The first-order chi connectivity index (χ1) is 14.1. The molecule has 0 saturated heterocycles. The fourth-order valence-electron chi connectivity index (χ4n) is 2.76. The number of rotatable bonds is 7. The van der Waals surface area contributed by atoms with Crippen LogP contribution in [0.2, 0.25) is 0 Å². The van der Waals surface area contributed by atoms with Crippen LogP contribution in [0.5, 0.6) is 11.5 Å². The second-order valence-electron chi connectivity index (χ2n) is 6.08. The molecule has 0 saturated carbocycles. The van der Waals surface area contributed by atoms with Crippen LogP contribution in [-0.2, 0) is 9.59 Å². The van der Waals surface area contributed by atoms with Gasteiger partial charge in [-0.1, -0.05) is 30.0 Å². The second-order valence-corrected chi connectivity index (χ2v) is 7.02. The molecule has 29 heavy (non-hydrogen) atoms. The number of hydrogen-bond donors (Lipinski definition) is 2. The van der Waals surface area contributed by atoms with E-state index in [0.717, 1.165) is 11.3 Å². The van der Waals surface area contributed by atoms with E-state index in [-0.39, 0.29) is 25.0 Å². The molecule has 2 heterocycles. The Kier molecular flexibility index (Phi) is 5.34. The van der Waals surface area contributed by atoms with E-state index in [4.69, 9.17) is 15.2 Å². The number of primary amides is 1. The predicted octanol–water partition coefficient (Wildman–Crippen LogP) is 1.36. The number of ether oxygens (including phenoxy) is 2. The lowest BCUT2D eigenvalue weighted by Crippen LogP contribution is -2.34. The van der Waals surface area contributed by atoms with Gasteiger partial charge < -0.3 is 20.5 Å². The summed E-state index contributed by atoms with van der Waals surface area (Å²) in [4.78, 5) is 22.8. The van der Waals surface area contributed by atoms with Gasteiger partial charge in [-0.05, 0) is 30.3 Å². The van der Waals surface area contributed by atoms with E-state index in [1.54, 1.807) is 0 Å². The molecule has 9 nitrogen and oxygen atoms in total. The van der Waals surface area contributed by atoms with Crippen molar-refractivity contribution < 1.29 is 19.1 Å². The van der Waals surface area contributed by atoms with E-state index < -0.39 is 5.91 Å². The van der Waals surface area contributed by atoms with Crippen LogP contribution in [0.1, 0.15) is 0 Å². The molecule has 0 radical (unpaired) electrons. The Morgan fingerprint density at radius 3 is 2.69 bits per heavy atom. The number of para-hydroxylation sites is 1. The van der Waals surface area contributed by atoms with Crippen molar-refractivity contribution in [3.05, 3.63) is 48.5 Å². The van der Waals surface area contributed by atoms with Gasteiger partial charge in [0.1, 0.15) is 0 Å². The number of aromatic nitrogens is 3. The number of benzene rings is 2. The van der Waals surface area contributed by atoms with Gasteiger partial charge in [0.2, 0.25) is 18.6 Å². The molecule has 1 aromatic heterocycles. The van der Waals surface area contributed by atoms with Gasteiger partial charge in [-0.2, -0.15) is 0 Å². The normalized spacial score (nSPS) is 12.0. The summed E-state index contributed by atoms with van der Waals surface area (Å²) in [5.74, 6) is 1.08. The van der Waals surface area contributed by atoms with Crippen molar-refractivity contribution in [3.8, 4) is 28.6 Å². The van der Waals surface area contributed by atoms with E-state index >= 15 is 0 Å². The SMILES string of the molecule is NC(=O)CNC(=O)CSc1nnc(-c2ccc3c(c2)OCO3)n1-c1ccccc1. The van der Waals surface area contributed by atoms with Crippen molar-refractivity contribution in [2.24, 2.45) is 5.73 Å². The van der Waals surface area contributed by atoms with Crippen LogP contribution >= 0.6 is 11.8 Å². The number of hydrogen-bond acceptors (Lipinski definition) is 7. The van der Waals surface area contributed by atoms with Crippen molar-refractivity contribution in [1.29, 1.82) is 0 Å². The van der Waals surface area contributed by atoms with Crippen molar-refractivity contribution in [2.75, 3.05) is 19.1 Å². The molecule has 0 unspecified atom stereocenters. The fraction of sp³-hybridized carbons (Fsp3) is 0.158. The average molecular weight is 411 g/mol. The minimum Gasteiger partial charge on any atom is -0.454 e. The Hall–Kier alpha value is -3.53. The Morgan fingerprint density at radius 2 is 1.90 bits per heavy atom. The standard InChI is InChI=1S/C19H17N5O4S/c20-16(25)9-21-17(26)10-29-19-23-22-18(24(19)13-4-2-1-3-5-13)12-6-7-14-15(8-12)28-11-27-14/h1-8H,9-11H2,(H2,20,25)(H,21,26). The number of fused-ring (bicyclic) bond motifs is 1. The number of carbonyl (C=O) groups is 2. The molecule has 4 rings (SSSR count). The van der Waals surface area contributed by atoms with Gasteiger partial charge in [-0.15, -0.1) is 10.2 Å². The number of nitrogens with zero attached hydrogens (tertiary/aromatic N) is 3. The van der Waals surface area contributed by atoms with Crippen LogP contribution in [-0.4, -0.2) is 45.7 Å². The maximum Gasteiger partial charge on any atom is 0.236 e. The van der Waals surface area contributed by atoms with Crippen molar-refractivity contribution >= 4 is 23.6 Å². The maximum absolute atomic E-state index is 11.9. The first kappa shape index (κ1) is 18.8. The van der Waals surface area contributed by atoms with Crippen LogP contribution in [0.15, 0.2) is 53.7 Å². The van der Waals surface area contributed by atoms with E-state index in [0.29, 0.717) is 22.5 Å². The summed E-state index contributed by atoms with van der Waals surface area (Å²) in [5, 5.41) is 11.6. The lowest BCUT2D eigenvalue weighted by molar-refractivity contribution is -0.123. The maximum atomic E-state index is 11.9. The first-order valence-electron chi connectivity index (χ1n) is 8.70. The highest BCUT2D eigenvalue weighted by Crippen LogP contribution is 2.36. The fourth-order valence-corrected chi connectivity index (χ4v) is 3.54. The van der Waals surface area contributed by atoms with Gasteiger partial charge in [-0.3, -0.25) is 14.2 Å². The molecule has 0 spiro atoms. The van der Waals surface area contributed by atoms with Gasteiger partial charge in [0.25, 0.3) is 0 Å². The Labute approximate surface area is 170 Å². The lowest BCUT2D eigenvalue weighted by Gasteiger charge is -2.10. The molecule has 3 N–H and O–H groups in total. The number of nitrogens with two attached hydrogens (primary N) is 1. The molecule has 3 aromatic rings. The molecule has 2 amide bonds. The predicted molar refractivity (Wildman–Crippen MR) is 106 cm³/mol. The van der Waals surface area contributed by atoms with Gasteiger partial charge in [0.15, 0.2) is 22.5 Å². The molecular weight excluding hydrogens is 394 g/mol. The van der Waals surface area contributed by atoms with Crippen LogP contribution in [0, 0.1) is 0 Å². The first-order valence-corrected chi connectivity index (χ1v) is 9.69. The molecule has 1 aliphatic heterocycles. The molecule has 148 valence electrons. The number of carbonyl (C=O) groups excluding carboxylic acids is 2. The number of amides is 2. The summed E-state index contributed by atoms with van der Waals surface area (Å²) in [6.45, 7) is -0.0150. The van der Waals surface area contributed by atoms with Gasteiger partial charge >= 0.3 is 0 Å². The highest BCUT2D eigenvalue weighted by atomic mass is 32.2. The Morgan fingerprint density at radius 1 is 1.10 bits per heavy atom. The molecule has 0 aliphatic carbocycles. The molecule has 2 aromatic carbocycles. The summed E-state index contributed by atoms with van der Waals surface area (Å²) in [6, 6.07) is 15.1. The zero-order valence-corrected chi connectivity index (χ0v) is 16.0. The topological polar surface area (TPSA) is 121 Å². The lowest BCUT2D eigenvalue weighted by atomic mass is 10.2. The van der Waals surface area contributed by atoms with Gasteiger partial charge in [0, 0.05) is 11.3 Å². The zero-order chi connectivity index (χ0) is 20.2. The Balaban J connectivity index is 1.64. The minimum atomic E-state index is -0.596.